The quantitative estimate of drug-likeness (QED) is 0.681. The fourth-order valence-corrected chi connectivity index (χ4v) is 4.05. The molecule has 26 heavy (non-hydrogen) atoms. The van der Waals surface area contributed by atoms with E-state index in [9.17, 15) is 26.8 Å². The Labute approximate surface area is 148 Å². The summed E-state index contributed by atoms with van der Waals surface area (Å²) in [7, 11) is -1.92. The topological polar surface area (TPSA) is 108 Å². The van der Waals surface area contributed by atoms with Crippen LogP contribution in [0.25, 0.3) is 0 Å². The molecule has 0 bridgehead atoms. The minimum absolute atomic E-state index is 0.00453. The maximum atomic E-state index is 12.3. The Hall–Kier alpha value is -2.43. The second kappa shape index (κ2) is 8.30. The Kier molecular flexibility index (Phi) is 6.35. The first-order valence-corrected chi connectivity index (χ1v) is 9.32. The smallest absolute Gasteiger partial charge is 0.387 e. The zero-order valence-electron chi connectivity index (χ0n) is 13.7. The van der Waals surface area contributed by atoms with Gasteiger partial charge in [0.25, 0.3) is 5.91 Å². The number of esters is 1. The lowest BCUT2D eigenvalue weighted by Crippen LogP contribution is -2.38. The molecule has 1 atom stereocenters. The van der Waals surface area contributed by atoms with Gasteiger partial charge < -0.3 is 19.5 Å². The molecule has 0 aromatic heterocycles. The van der Waals surface area contributed by atoms with Crippen LogP contribution in [0.3, 0.4) is 0 Å². The molecular weight excluding hydrogens is 376 g/mol. The lowest BCUT2D eigenvalue weighted by molar-refractivity contribution is -0.124. The number of amides is 1. The van der Waals surface area contributed by atoms with Crippen molar-refractivity contribution < 1.29 is 41.0 Å². The SMILES string of the molecule is COc1cc(C(=O)OCC(=O)NC2CCS(=O)(=O)C2)ccc1OC(F)F. The molecule has 2 rings (SSSR count). The van der Waals surface area contributed by atoms with Gasteiger partial charge in [-0.3, -0.25) is 4.79 Å². The molecule has 1 aromatic carbocycles. The fraction of sp³-hybridized carbons (Fsp3) is 0.467. The van der Waals surface area contributed by atoms with Crippen molar-refractivity contribution in [3.05, 3.63) is 23.8 Å². The number of methoxy groups -OCH3 is 1. The highest BCUT2D eigenvalue weighted by Crippen LogP contribution is 2.29. The Bertz CT molecular complexity index is 782. The summed E-state index contributed by atoms with van der Waals surface area (Å²) >= 11 is 0. The van der Waals surface area contributed by atoms with Crippen LogP contribution < -0.4 is 14.8 Å². The number of hydrogen-bond donors (Lipinski definition) is 1. The first-order chi connectivity index (χ1) is 12.2. The second-order valence-electron chi connectivity index (χ2n) is 5.49. The van der Waals surface area contributed by atoms with E-state index in [0.717, 1.165) is 12.1 Å². The molecule has 144 valence electrons. The number of carbonyl (C=O) groups excluding carboxylic acids is 2. The summed E-state index contributed by atoms with van der Waals surface area (Å²) in [5, 5.41) is 2.47. The molecule has 1 aliphatic heterocycles. The van der Waals surface area contributed by atoms with E-state index in [2.05, 4.69) is 10.1 Å². The minimum atomic E-state index is -3.14. The van der Waals surface area contributed by atoms with E-state index >= 15 is 0 Å². The maximum absolute atomic E-state index is 12.3. The Morgan fingerprint density at radius 2 is 2.04 bits per heavy atom. The molecule has 1 heterocycles. The van der Waals surface area contributed by atoms with E-state index in [1.165, 1.54) is 13.2 Å². The van der Waals surface area contributed by atoms with Gasteiger partial charge in [0.05, 0.1) is 24.2 Å². The summed E-state index contributed by atoms with van der Waals surface area (Å²) in [5.74, 6) is -1.99. The van der Waals surface area contributed by atoms with Crippen molar-refractivity contribution in [3.63, 3.8) is 0 Å². The molecule has 1 saturated heterocycles. The predicted molar refractivity (Wildman–Crippen MR) is 85.1 cm³/mol. The van der Waals surface area contributed by atoms with Crippen LogP contribution in [-0.4, -0.2) is 58.2 Å². The largest absolute Gasteiger partial charge is 0.493 e. The fourth-order valence-electron chi connectivity index (χ4n) is 2.38. The molecule has 0 saturated carbocycles. The number of ether oxygens (including phenoxy) is 3. The van der Waals surface area contributed by atoms with Crippen LogP contribution in [0.4, 0.5) is 8.78 Å². The van der Waals surface area contributed by atoms with Gasteiger partial charge >= 0.3 is 12.6 Å². The van der Waals surface area contributed by atoms with E-state index in [1.54, 1.807) is 0 Å². The third kappa shape index (κ3) is 5.55. The van der Waals surface area contributed by atoms with Gasteiger partial charge in [-0.1, -0.05) is 0 Å². The highest BCUT2D eigenvalue weighted by atomic mass is 32.2. The summed E-state index contributed by atoms with van der Waals surface area (Å²) < 4.78 is 61.1. The predicted octanol–water partition coefficient (Wildman–Crippen LogP) is 0.757. The van der Waals surface area contributed by atoms with E-state index in [1.807, 2.05) is 0 Å². The lowest BCUT2D eigenvalue weighted by atomic mass is 10.2. The van der Waals surface area contributed by atoms with E-state index in [4.69, 9.17) is 9.47 Å². The number of benzene rings is 1. The molecule has 1 aliphatic rings. The molecule has 8 nitrogen and oxygen atoms in total. The van der Waals surface area contributed by atoms with Gasteiger partial charge in [0.2, 0.25) is 0 Å². The normalized spacial score (nSPS) is 18.4. The molecule has 1 amide bonds. The molecule has 1 unspecified atom stereocenters. The van der Waals surface area contributed by atoms with Crippen LogP contribution in [0.5, 0.6) is 11.5 Å². The van der Waals surface area contributed by atoms with Crippen LogP contribution >= 0.6 is 0 Å². The van der Waals surface area contributed by atoms with Crippen molar-refractivity contribution in [3.8, 4) is 11.5 Å². The van der Waals surface area contributed by atoms with Crippen LogP contribution in [0.2, 0.25) is 0 Å². The lowest BCUT2D eigenvalue weighted by Gasteiger charge is -2.12. The van der Waals surface area contributed by atoms with Crippen LogP contribution in [0, 0.1) is 0 Å². The molecule has 1 N–H and O–H groups in total. The van der Waals surface area contributed by atoms with Crippen molar-refractivity contribution in [1.82, 2.24) is 5.32 Å². The summed E-state index contributed by atoms with van der Waals surface area (Å²) in [5.41, 5.74) is -0.0280. The molecule has 0 radical (unpaired) electrons. The average Bonchev–Trinajstić information content (AvgIpc) is 2.91. The van der Waals surface area contributed by atoms with Crippen molar-refractivity contribution >= 4 is 21.7 Å². The third-order valence-electron chi connectivity index (χ3n) is 3.55. The second-order valence-corrected chi connectivity index (χ2v) is 7.72. The van der Waals surface area contributed by atoms with Gasteiger partial charge in [0.1, 0.15) is 0 Å². The van der Waals surface area contributed by atoms with Crippen molar-refractivity contribution in [2.45, 2.75) is 19.1 Å². The van der Waals surface area contributed by atoms with Crippen LogP contribution in [0.1, 0.15) is 16.8 Å². The number of alkyl halides is 2. The van der Waals surface area contributed by atoms with Gasteiger partial charge in [-0.15, -0.1) is 0 Å². The molecule has 1 aromatic rings. The van der Waals surface area contributed by atoms with Gasteiger partial charge in [-0.25, -0.2) is 13.2 Å². The van der Waals surface area contributed by atoms with Crippen molar-refractivity contribution in [1.29, 1.82) is 0 Å². The number of nitrogens with one attached hydrogen (secondary N) is 1. The zero-order chi connectivity index (χ0) is 19.3. The summed E-state index contributed by atoms with van der Waals surface area (Å²) in [6, 6.07) is 2.94. The number of sulfone groups is 1. The summed E-state index contributed by atoms with van der Waals surface area (Å²) in [6.45, 7) is -3.66. The van der Waals surface area contributed by atoms with Crippen molar-refractivity contribution in [2.24, 2.45) is 0 Å². The highest BCUT2D eigenvalue weighted by molar-refractivity contribution is 7.91. The third-order valence-corrected chi connectivity index (χ3v) is 5.32. The average molecular weight is 393 g/mol. The standard InChI is InChI=1S/C15H17F2NO7S/c1-23-12-6-9(2-3-11(12)25-15(16)17)14(20)24-7-13(19)18-10-4-5-26(21,22)8-10/h2-3,6,10,15H,4-5,7-8H2,1H3,(H,18,19). The zero-order valence-corrected chi connectivity index (χ0v) is 14.6. The van der Waals surface area contributed by atoms with E-state index in [-0.39, 0.29) is 28.6 Å². The molecular formula is C15H17F2NO7S. The van der Waals surface area contributed by atoms with Crippen LogP contribution in [-0.2, 0) is 19.4 Å². The van der Waals surface area contributed by atoms with E-state index < -0.39 is 41.0 Å². The minimum Gasteiger partial charge on any atom is -0.493 e. The molecule has 0 spiro atoms. The Balaban J connectivity index is 1.90. The van der Waals surface area contributed by atoms with Gasteiger partial charge in [0.15, 0.2) is 27.9 Å². The van der Waals surface area contributed by atoms with Gasteiger partial charge in [0, 0.05) is 6.04 Å². The number of hydrogen-bond acceptors (Lipinski definition) is 7. The molecule has 11 heteroatoms. The first-order valence-electron chi connectivity index (χ1n) is 7.50. The maximum Gasteiger partial charge on any atom is 0.387 e. The van der Waals surface area contributed by atoms with Crippen molar-refractivity contribution in [2.75, 3.05) is 25.2 Å². The molecule has 0 aliphatic carbocycles. The summed E-state index contributed by atoms with van der Waals surface area (Å²) in [6.07, 6.45) is 0.310. The van der Waals surface area contributed by atoms with Gasteiger partial charge in [-0.05, 0) is 24.6 Å². The molecule has 1 fully saturated rings. The first kappa shape index (κ1) is 19.9. The Morgan fingerprint density at radius 1 is 1.31 bits per heavy atom. The number of carbonyl (C=O) groups is 2. The van der Waals surface area contributed by atoms with Crippen LogP contribution in [0.15, 0.2) is 18.2 Å². The highest BCUT2D eigenvalue weighted by Gasteiger charge is 2.29. The monoisotopic (exact) mass is 393 g/mol. The number of rotatable bonds is 7. The van der Waals surface area contributed by atoms with E-state index in [0.29, 0.717) is 6.42 Å². The number of halogens is 2. The Morgan fingerprint density at radius 3 is 2.62 bits per heavy atom. The summed E-state index contributed by atoms with van der Waals surface area (Å²) in [4.78, 5) is 23.7. The van der Waals surface area contributed by atoms with Gasteiger partial charge in [-0.2, -0.15) is 8.78 Å².